The lowest BCUT2D eigenvalue weighted by Gasteiger charge is -2.35. The first-order valence-electron chi connectivity index (χ1n) is 4.07. The highest BCUT2D eigenvalue weighted by molar-refractivity contribution is 4.81. The molecular weight excluding hydrogens is 142 g/mol. The molecule has 0 aromatic rings. The van der Waals surface area contributed by atoms with Crippen LogP contribution in [0.2, 0.25) is 0 Å². The van der Waals surface area contributed by atoms with Gasteiger partial charge in [0, 0.05) is 6.04 Å². The first kappa shape index (κ1) is 8.97. The van der Waals surface area contributed by atoms with Crippen LogP contribution in [0, 0.1) is 0 Å². The Bertz CT molecular complexity index is 127. The summed E-state index contributed by atoms with van der Waals surface area (Å²) in [6.45, 7) is 2.52. The standard InChI is InChI=1S/C8H17NO2/c1-6-4-7(9(2)3)8(10)5-11-6/h6-8,10H,4-5H2,1-3H3/t6-,7+,8+/m1/s1. The van der Waals surface area contributed by atoms with Crippen molar-refractivity contribution >= 4 is 0 Å². The van der Waals surface area contributed by atoms with Crippen molar-refractivity contribution in [1.82, 2.24) is 4.90 Å². The van der Waals surface area contributed by atoms with Gasteiger partial charge in [0.25, 0.3) is 0 Å². The number of aliphatic hydroxyl groups excluding tert-OH is 1. The number of hydrogen-bond donors (Lipinski definition) is 1. The SMILES string of the molecule is C[C@@H]1C[C@H](N(C)C)[C@@H](O)CO1. The van der Waals surface area contributed by atoms with Crippen LogP contribution in [0.5, 0.6) is 0 Å². The molecule has 1 fully saturated rings. The zero-order valence-corrected chi connectivity index (χ0v) is 7.45. The molecule has 0 unspecified atom stereocenters. The van der Waals surface area contributed by atoms with Gasteiger partial charge in [-0.2, -0.15) is 0 Å². The molecule has 1 heterocycles. The van der Waals surface area contributed by atoms with Gasteiger partial charge in [0.2, 0.25) is 0 Å². The van der Waals surface area contributed by atoms with Crippen LogP contribution in [0.4, 0.5) is 0 Å². The van der Waals surface area contributed by atoms with Gasteiger partial charge in [-0.15, -0.1) is 0 Å². The summed E-state index contributed by atoms with van der Waals surface area (Å²) < 4.78 is 5.29. The number of ether oxygens (including phenoxy) is 1. The predicted octanol–water partition coefficient (Wildman–Crippen LogP) is 0.0863. The third kappa shape index (κ3) is 2.15. The molecule has 0 bridgehead atoms. The Labute approximate surface area is 68.0 Å². The van der Waals surface area contributed by atoms with Crippen LogP contribution < -0.4 is 0 Å². The summed E-state index contributed by atoms with van der Waals surface area (Å²) >= 11 is 0. The number of rotatable bonds is 1. The summed E-state index contributed by atoms with van der Waals surface area (Å²) in [6.07, 6.45) is 0.890. The predicted molar refractivity (Wildman–Crippen MR) is 43.5 cm³/mol. The largest absolute Gasteiger partial charge is 0.389 e. The van der Waals surface area contributed by atoms with Crippen LogP contribution in [-0.2, 0) is 4.74 Å². The fourth-order valence-electron chi connectivity index (χ4n) is 1.49. The van der Waals surface area contributed by atoms with Gasteiger partial charge in [0.05, 0.1) is 18.8 Å². The Kier molecular flexibility index (Phi) is 2.87. The first-order chi connectivity index (χ1) is 5.11. The molecule has 0 aromatic carbocycles. The smallest absolute Gasteiger partial charge is 0.0929 e. The molecule has 11 heavy (non-hydrogen) atoms. The highest BCUT2D eigenvalue weighted by Crippen LogP contribution is 2.17. The molecule has 0 aromatic heterocycles. The molecule has 3 heteroatoms. The lowest BCUT2D eigenvalue weighted by Crippen LogP contribution is -2.47. The highest BCUT2D eigenvalue weighted by atomic mass is 16.5. The average Bonchev–Trinajstić information content (AvgIpc) is 1.94. The lowest BCUT2D eigenvalue weighted by molar-refractivity contribution is -0.0876. The maximum absolute atomic E-state index is 9.49. The molecule has 66 valence electrons. The molecule has 0 spiro atoms. The van der Waals surface area contributed by atoms with E-state index in [9.17, 15) is 5.11 Å². The van der Waals surface area contributed by atoms with E-state index in [-0.39, 0.29) is 18.2 Å². The Morgan fingerprint density at radius 3 is 2.55 bits per heavy atom. The van der Waals surface area contributed by atoms with Gasteiger partial charge < -0.3 is 14.7 Å². The van der Waals surface area contributed by atoms with Crippen molar-refractivity contribution in [3.05, 3.63) is 0 Å². The minimum Gasteiger partial charge on any atom is -0.389 e. The average molecular weight is 159 g/mol. The van der Waals surface area contributed by atoms with Gasteiger partial charge in [0.15, 0.2) is 0 Å². The Balaban J connectivity index is 2.47. The van der Waals surface area contributed by atoms with Gasteiger partial charge in [-0.25, -0.2) is 0 Å². The van der Waals surface area contributed by atoms with Gasteiger partial charge in [-0.05, 0) is 27.4 Å². The number of likely N-dealkylation sites (N-methyl/N-ethyl adjacent to an activating group) is 1. The Morgan fingerprint density at radius 1 is 1.45 bits per heavy atom. The molecule has 3 atom stereocenters. The number of nitrogens with zero attached hydrogens (tertiary/aromatic N) is 1. The maximum atomic E-state index is 9.49. The first-order valence-corrected chi connectivity index (χ1v) is 4.07. The van der Waals surface area contributed by atoms with Crippen molar-refractivity contribution in [1.29, 1.82) is 0 Å². The van der Waals surface area contributed by atoms with Crippen LogP contribution in [-0.4, -0.2) is 49.0 Å². The zero-order valence-electron chi connectivity index (χ0n) is 7.45. The summed E-state index contributed by atoms with van der Waals surface area (Å²) in [7, 11) is 3.98. The van der Waals surface area contributed by atoms with E-state index >= 15 is 0 Å². The van der Waals surface area contributed by atoms with E-state index in [2.05, 4.69) is 4.90 Å². The monoisotopic (exact) mass is 159 g/mol. The van der Waals surface area contributed by atoms with Crippen LogP contribution in [0.1, 0.15) is 13.3 Å². The Hall–Kier alpha value is -0.120. The molecular formula is C8H17NO2. The van der Waals surface area contributed by atoms with Gasteiger partial charge in [0.1, 0.15) is 0 Å². The van der Waals surface area contributed by atoms with E-state index in [0.717, 1.165) is 6.42 Å². The molecule has 3 nitrogen and oxygen atoms in total. The van der Waals surface area contributed by atoms with Crippen LogP contribution >= 0.6 is 0 Å². The summed E-state index contributed by atoms with van der Waals surface area (Å²) in [5.41, 5.74) is 0. The molecule has 1 saturated heterocycles. The fraction of sp³-hybridized carbons (Fsp3) is 1.00. The minimum absolute atomic E-state index is 0.263. The molecule has 0 saturated carbocycles. The highest BCUT2D eigenvalue weighted by Gasteiger charge is 2.28. The van der Waals surface area contributed by atoms with Crippen molar-refractivity contribution in [2.45, 2.75) is 31.6 Å². The summed E-state index contributed by atoms with van der Waals surface area (Å²) in [4.78, 5) is 2.06. The van der Waals surface area contributed by atoms with E-state index in [1.165, 1.54) is 0 Å². The molecule has 1 rings (SSSR count). The topological polar surface area (TPSA) is 32.7 Å². The van der Waals surface area contributed by atoms with Crippen molar-refractivity contribution in [2.75, 3.05) is 20.7 Å². The third-order valence-electron chi connectivity index (χ3n) is 2.23. The van der Waals surface area contributed by atoms with Crippen LogP contribution in [0.15, 0.2) is 0 Å². The molecule has 1 N–H and O–H groups in total. The molecule has 0 radical (unpaired) electrons. The molecule has 1 aliphatic rings. The van der Waals surface area contributed by atoms with Gasteiger partial charge in [-0.3, -0.25) is 0 Å². The second-order valence-corrected chi connectivity index (χ2v) is 3.48. The van der Waals surface area contributed by atoms with Crippen LogP contribution in [0.3, 0.4) is 0 Å². The van der Waals surface area contributed by atoms with Gasteiger partial charge >= 0.3 is 0 Å². The minimum atomic E-state index is -0.318. The van der Waals surface area contributed by atoms with E-state index < -0.39 is 0 Å². The quantitative estimate of drug-likeness (QED) is 0.588. The van der Waals surface area contributed by atoms with Crippen molar-refractivity contribution in [3.8, 4) is 0 Å². The maximum Gasteiger partial charge on any atom is 0.0929 e. The second kappa shape index (κ2) is 3.52. The van der Waals surface area contributed by atoms with E-state index in [0.29, 0.717) is 6.61 Å². The molecule has 1 aliphatic heterocycles. The summed E-state index contributed by atoms with van der Waals surface area (Å²) in [6, 6.07) is 0.263. The molecule has 0 aliphatic carbocycles. The number of aliphatic hydroxyl groups is 1. The van der Waals surface area contributed by atoms with Crippen LogP contribution in [0.25, 0.3) is 0 Å². The fourth-order valence-corrected chi connectivity index (χ4v) is 1.49. The van der Waals surface area contributed by atoms with Crippen molar-refractivity contribution in [3.63, 3.8) is 0 Å². The lowest BCUT2D eigenvalue weighted by atomic mass is 10.0. The second-order valence-electron chi connectivity index (χ2n) is 3.48. The Morgan fingerprint density at radius 2 is 2.09 bits per heavy atom. The normalized spacial score (nSPS) is 39.5. The summed E-state index contributed by atoms with van der Waals surface area (Å²) in [5, 5.41) is 9.49. The van der Waals surface area contributed by atoms with E-state index in [1.807, 2.05) is 21.0 Å². The molecule has 0 amide bonds. The third-order valence-corrected chi connectivity index (χ3v) is 2.23. The summed E-state index contributed by atoms with van der Waals surface area (Å²) in [5.74, 6) is 0. The van der Waals surface area contributed by atoms with Crippen molar-refractivity contribution < 1.29 is 9.84 Å². The van der Waals surface area contributed by atoms with E-state index in [1.54, 1.807) is 0 Å². The van der Waals surface area contributed by atoms with Gasteiger partial charge in [-0.1, -0.05) is 0 Å². The van der Waals surface area contributed by atoms with E-state index in [4.69, 9.17) is 4.74 Å². The van der Waals surface area contributed by atoms with Crippen molar-refractivity contribution in [2.24, 2.45) is 0 Å². The zero-order chi connectivity index (χ0) is 8.43. The number of hydrogen-bond acceptors (Lipinski definition) is 3.